The van der Waals surface area contributed by atoms with E-state index in [0.717, 1.165) is 39.4 Å². The van der Waals surface area contributed by atoms with E-state index in [2.05, 4.69) is 10.1 Å². The molecule has 0 aliphatic carbocycles. The quantitative estimate of drug-likeness (QED) is 0.536. The molecule has 0 atom stereocenters. The van der Waals surface area contributed by atoms with Crippen molar-refractivity contribution in [1.82, 2.24) is 14.6 Å². The highest BCUT2D eigenvalue weighted by Crippen LogP contribution is 2.21. The Kier molecular flexibility index (Phi) is 4.57. The van der Waals surface area contributed by atoms with E-state index in [4.69, 9.17) is 4.74 Å². The first kappa shape index (κ1) is 17.1. The second-order valence-electron chi connectivity index (χ2n) is 6.56. The molecule has 0 saturated carbocycles. The second-order valence-corrected chi connectivity index (χ2v) is 6.56. The summed E-state index contributed by atoms with van der Waals surface area (Å²) in [6.07, 6.45) is 0.895. The first-order chi connectivity index (χ1) is 11.8. The third kappa shape index (κ3) is 3.55. The molecule has 2 aromatic heterocycles. The van der Waals surface area contributed by atoms with Crippen molar-refractivity contribution in [3.05, 3.63) is 58.0 Å². The molecule has 0 N–H and O–H groups in total. The summed E-state index contributed by atoms with van der Waals surface area (Å²) in [4.78, 5) is 16.8. The summed E-state index contributed by atoms with van der Waals surface area (Å²) in [5, 5.41) is 4.47. The topological polar surface area (TPSA) is 56.5 Å². The van der Waals surface area contributed by atoms with E-state index >= 15 is 0 Å². The normalized spacial score (nSPS) is 11.1. The van der Waals surface area contributed by atoms with Crippen LogP contribution in [0.25, 0.3) is 5.65 Å². The Hall–Kier alpha value is -2.69. The number of aromatic nitrogens is 3. The van der Waals surface area contributed by atoms with Crippen molar-refractivity contribution >= 4 is 11.6 Å². The van der Waals surface area contributed by atoms with Crippen molar-refractivity contribution in [2.45, 2.75) is 47.5 Å². The molecule has 25 heavy (non-hydrogen) atoms. The van der Waals surface area contributed by atoms with Crippen molar-refractivity contribution in [3.63, 3.8) is 0 Å². The molecule has 5 heteroatoms. The molecule has 0 aliphatic rings. The third-order valence-electron chi connectivity index (χ3n) is 4.42. The van der Waals surface area contributed by atoms with Crippen LogP contribution in [0.3, 0.4) is 0 Å². The number of carbonyl (C=O) groups excluding carboxylic acids is 1. The molecule has 1 aromatic carbocycles. The summed E-state index contributed by atoms with van der Waals surface area (Å²) in [7, 11) is 0. The minimum absolute atomic E-state index is 0.234. The molecular weight excluding hydrogens is 314 g/mol. The van der Waals surface area contributed by atoms with E-state index in [9.17, 15) is 4.79 Å². The molecule has 2 heterocycles. The lowest BCUT2D eigenvalue weighted by Gasteiger charge is -2.11. The van der Waals surface area contributed by atoms with Gasteiger partial charge in [0, 0.05) is 17.5 Å². The molecule has 3 aromatic rings. The molecule has 0 fully saturated rings. The maximum atomic E-state index is 12.2. The summed E-state index contributed by atoms with van der Waals surface area (Å²) in [5.41, 5.74) is 6.90. The summed E-state index contributed by atoms with van der Waals surface area (Å²) in [6.45, 7) is 9.90. The lowest BCUT2D eigenvalue weighted by atomic mass is 10.1. The number of hydrogen-bond donors (Lipinski definition) is 0. The number of esters is 1. The van der Waals surface area contributed by atoms with E-state index in [-0.39, 0.29) is 5.97 Å². The first-order valence-corrected chi connectivity index (χ1v) is 8.45. The highest BCUT2D eigenvalue weighted by atomic mass is 16.5. The smallest absolute Gasteiger partial charge is 0.311 e. The maximum Gasteiger partial charge on any atom is 0.311 e. The van der Waals surface area contributed by atoms with Gasteiger partial charge in [0.1, 0.15) is 5.75 Å². The number of aryl methyl sites for hydroxylation is 5. The third-order valence-corrected chi connectivity index (χ3v) is 4.42. The standard InChI is InChI=1S/C20H23N3O2/c1-12-6-8-18(13(2)10-12)25-20(24)9-7-17-15(4)21-19-11-14(3)22-23(19)16(17)5/h6,8,10-11H,7,9H2,1-5H3. The van der Waals surface area contributed by atoms with Gasteiger partial charge in [-0.2, -0.15) is 5.10 Å². The highest BCUT2D eigenvalue weighted by molar-refractivity contribution is 5.73. The van der Waals surface area contributed by atoms with Crippen molar-refractivity contribution in [2.75, 3.05) is 0 Å². The zero-order chi connectivity index (χ0) is 18.1. The molecule has 0 aliphatic heterocycles. The average Bonchev–Trinajstić information content (AvgIpc) is 2.90. The molecule has 5 nitrogen and oxygen atoms in total. The van der Waals surface area contributed by atoms with Crippen LogP contribution in [0.4, 0.5) is 0 Å². The molecule has 0 bridgehead atoms. The Balaban J connectivity index is 1.74. The van der Waals surface area contributed by atoms with Crippen LogP contribution in [0.2, 0.25) is 0 Å². The number of hydrogen-bond acceptors (Lipinski definition) is 4. The minimum atomic E-state index is -0.234. The predicted molar refractivity (Wildman–Crippen MR) is 97.1 cm³/mol. The fourth-order valence-corrected chi connectivity index (χ4v) is 3.12. The summed E-state index contributed by atoms with van der Waals surface area (Å²) in [6, 6.07) is 7.76. The fraction of sp³-hybridized carbons (Fsp3) is 0.350. The Labute approximate surface area is 147 Å². The Morgan fingerprint density at radius 1 is 1.12 bits per heavy atom. The van der Waals surface area contributed by atoms with Gasteiger partial charge in [0.15, 0.2) is 5.65 Å². The number of nitrogens with zero attached hydrogens (tertiary/aromatic N) is 3. The van der Waals surface area contributed by atoms with Gasteiger partial charge in [-0.1, -0.05) is 17.7 Å². The minimum Gasteiger partial charge on any atom is -0.426 e. The van der Waals surface area contributed by atoms with Crippen molar-refractivity contribution in [1.29, 1.82) is 0 Å². The van der Waals surface area contributed by atoms with Crippen LogP contribution in [0, 0.1) is 34.6 Å². The number of fused-ring (bicyclic) bond motifs is 1. The highest BCUT2D eigenvalue weighted by Gasteiger charge is 2.14. The van der Waals surface area contributed by atoms with Gasteiger partial charge in [0.05, 0.1) is 12.1 Å². The maximum absolute atomic E-state index is 12.2. The number of ether oxygens (including phenoxy) is 1. The molecule has 0 unspecified atom stereocenters. The molecular formula is C20H23N3O2. The fourth-order valence-electron chi connectivity index (χ4n) is 3.12. The first-order valence-electron chi connectivity index (χ1n) is 8.45. The van der Waals surface area contributed by atoms with Gasteiger partial charge in [-0.3, -0.25) is 4.79 Å². The summed E-state index contributed by atoms with van der Waals surface area (Å²) >= 11 is 0. The van der Waals surface area contributed by atoms with Gasteiger partial charge in [0.2, 0.25) is 0 Å². The largest absolute Gasteiger partial charge is 0.426 e. The lowest BCUT2D eigenvalue weighted by Crippen LogP contribution is -2.12. The Bertz CT molecular complexity index is 957. The Morgan fingerprint density at radius 2 is 1.88 bits per heavy atom. The summed E-state index contributed by atoms with van der Waals surface area (Å²) < 4.78 is 7.35. The van der Waals surface area contributed by atoms with Crippen LogP contribution in [0.1, 0.15) is 40.2 Å². The lowest BCUT2D eigenvalue weighted by molar-refractivity contribution is -0.134. The van der Waals surface area contributed by atoms with Crippen molar-refractivity contribution < 1.29 is 9.53 Å². The van der Waals surface area contributed by atoms with Gasteiger partial charge in [-0.25, -0.2) is 9.50 Å². The molecule has 130 valence electrons. The number of carbonyl (C=O) groups is 1. The van der Waals surface area contributed by atoms with E-state index in [1.165, 1.54) is 0 Å². The van der Waals surface area contributed by atoms with Crippen LogP contribution in [0.5, 0.6) is 5.75 Å². The van der Waals surface area contributed by atoms with Crippen molar-refractivity contribution in [2.24, 2.45) is 0 Å². The van der Waals surface area contributed by atoms with Gasteiger partial charge < -0.3 is 4.74 Å². The van der Waals surface area contributed by atoms with Crippen LogP contribution in [-0.2, 0) is 11.2 Å². The van der Waals surface area contributed by atoms with Crippen LogP contribution in [-0.4, -0.2) is 20.6 Å². The van der Waals surface area contributed by atoms with E-state index in [1.54, 1.807) is 0 Å². The van der Waals surface area contributed by atoms with Crippen molar-refractivity contribution in [3.8, 4) is 5.75 Å². The van der Waals surface area contributed by atoms with E-state index < -0.39 is 0 Å². The zero-order valence-corrected chi connectivity index (χ0v) is 15.4. The molecule has 0 saturated heterocycles. The van der Waals surface area contributed by atoms with E-state index in [1.807, 2.05) is 63.4 Å². The molecule has 0 spiro atoms. The van der Waals surface area contributed by atoms with Gasteiger partial charge in [-0.05, 0) is 58.2 Å². The zero-order valence-electron chi connectivity index (χ0n) is 15.4. The van der Waals surface area contributed by atoms with Gasteiger partial charge in [-0.15, -0.1) is 0 Å². The average molecular weight is 337 g/mol. The second kappa shape index (κ2) is 6.67. The summed E-state index contributed by atoms with van der Waals surface area (Å²) in [5.74, 6) is 0.391. The Morgan fingerprint density at radius 3 is 2.60 bits per heavy atom. The SMILES string of the molecule is Cc1ccc(OC(=O)CCc2c(C)nc3cc(C)nn3c2C)c(C)c1. The van der Waals surface area contributed by atoms with Crippen LogP contribution in [0.15, 0.2) is 24.3 Å². The monoisotopic (exact) mass is 337 g/mol. The van der Waals surface area contributed by atoms with Gasteiger partial charge in [0.25, 0.3) is 0 Å². The van der Waals surface area contributed by atoms with Crippen LogP contribution < -0.4 is 4.74 Å². The molecule has 0 radical (unpaired) electrons. The number of benzene rings is 1. The molecule has 0 amide bonds. The van der Waals surface area contributed by atoms with Gasteiger partial charge >= 0.3 is 5.97 Å². The number of rotatable bonds is 4. The molecule has 3 rings (SSSR count). The predicted octanol–water partition coefficient (Wildman–Crippen LogP) is 3.81. The van der Waals surface area contributed by atoms with E-state index in [0.29, 0.717) is 18.6 Å². The van der Waals surface area contributed by atoms with Crippen LogP contribution >= 0.6 is 0 Å².